The fourth-order valence-corrected chi connectivity index (χ4v) is 2.65. The van der Waals surface area contributed by atoms with Gasteiger partial charge in [0.1, 0.15) is 11.9 Å². The van der Waals surface area contributed by atoms with Gasteiger partial charge in [-0.2, -0.15) is 0 Å². The number of ether oxygens (including phenoxy) is 2. The van der Waals surface area contributed by atoms with Crippen LogP contribution >= 0.6 is 15.9 Å². The minimum atomic E-state index is 0.254. The second-order valence-electron chi connectivity index (χ2n) is 4.91. The number of hydrogen-bond acceptors (Lipinski definition) is 3. The molecule has 4 heteroatoms. The van der Waals surface area contributed by atoms with Gasteiger partial charge in [-0.1, -0.05) is 22.9 Å². The second kappa shape index (κ2) is 6.55. The Morgan fingerprint density at radius 1 is 1.56 bits per heavy atom. The molecular formula is C14H20BrNO2. The molecule has 2 rings (SSSR count). The van der Waals surface area contributed by atoms with Gasteiger partial charge in [-0.05, 0) is 29.7 Å². The zero-order valence-corrected chi connectivity index (χ0v) is 12.5. The maximum atomic E-state index is 5.89. The molecule has 3 nitrogen and oxygen atoms in total. The van der Waals surface area contributed by atoms with Crippen LogP contribution in [0.2, 0.25) is 0 Å². The fourth-order valence-electron chi connectivity index (χ4n) is 2.24. The quantitative estimate of drug-likeness (QED) is 0.875. The Labute approximate surface area is 117 Å². The normalized spacial score (nSPS) is 19.4. The smallest absolute Gasteiger partial charge is 0.123 e. The Bertz CT molecular complexity index is 397. The second-order valence-corrected chi connectivity index (χ2v) is 5.83. The van der Waals surface area contributed by atoms with Gasteiger partial charge >= 0.3 is 0 Å². The SMILES string of the molecule is COCC(C)CNCC1Cc2cc(Br)ccc2O1. The van der Waals surface area contributed by atoms with Gasteiger partial charge in [-0.25, -0.2) is 0 Å². The maximum absolute atomic E-state index is 5.89. The Balaban J connectivity index is 1.74. The molecule has 1 heterocycles. The lowest BCUT2D eigenvalue weighted by Gasteiger charge is -2.15. The van der Waals surface area contributed by atoms with E-state index in [0.29, 0.717) is 5.92 Å². The summed E-state index contributed by atoms with van der Waals surface area (Å²) in [6.07, 6.45) is 1.24. The summed E-state index contributed by atoms with van der Waals surface area (Å²) in [5, 5.41) is 3.44. The zero-order chi connectivity index (χ0) is 13.0. The van der Waals surface area contributed by atoms with Crippen molar-refractivity contribution < 1.29 is 9.47 Å². The molecule has 1 aliphatic heterocycles. The lowest BCUT2D eigenvalue weighted by molar-refractivity contribution is 0.155. The van der Waals surface area contributed by atoms with Gasteiger partial charge in [0, 0.05) is 37.7 Å². The predicted molar refractivity (Wildman–Crippen MR) is 76.2 cm³/mol. The molecule has 18 heavy (non-hydrogen) atoms. The first-order valence-corrected chi connectivity index (χ1v) is 7.13. The molecule has 0 bridgehead atoms. The van der Waals surface area contributed by atoms with Crippen LogP contribution in [0.15, 0.2) is 22.7 Å². The molecule has 0 amide bonds. The van der Waals surface area contributed by atoms with E-state index < -0.39 is 0 Å². The maximum Gasteiger partial charge on any atom is 0.123 e. The topological polar surface area (TPSA) is 30.5 Å². The summed E-state index contributed by atoms with van der Waals surface area (Å²) >= 11 is 3.49. The van der Waals surface area contributed by atoms with Crippen LogP contribution in [0.5, 0.6) is 5.75 Å². The van der Waals surface area contributed by atoms with Crippen molar-refractivity contribution in [2.45, 2.75) is 19.4 Å². The number of rotatable bonds is 6. The molecule has 1 N–H and O–H groups in total. The van der Waals surface area contributed by atoms with Gasteiger partial charge in [-0.3, -0.25) is 0 Å². The van der Waals surface area contributed by atoms with E-state index >= 15 is 0 Å². The molecule has 1 aromatic rings. The Hall–Kier alpha value is -0.580. The van der Waals surface area contributed by atoms with Crippen LogP contribution in [0.3, 0.4) is 0 Å². The standard InChI is InChI=1S/C14H20BrNO2/c1-10(9-17-2)7-16-8-13-6-11-5-12(15)3-4-14(11)18-13/h3-5,10,13,16H,6-9H2,1-2H3. The third kappa shape index (κ3) is 3.70. The number of nitrogens with one attached hydrogen (secondary N) is 1. The van der Waals surface area contributed by atoms with Crippen LogP contribution in [0, 0.1) is 5.92 Å². The molecular weight excluding hydrogens is 294 g/mol. The first kappa shape index (κ1) is 13.8. The van der Waals surface area contributed by atoms with Crippen molar-refractivity contribution in [1.82, 2.24) is 5.32 Å². The van der Waals surface area contributed by atoms with Crippen LogP contribution in [0.1, 0.15) is 12.5 Å². The molecule has 1 aliphatic rings. The molecule has 2 atom stereocenters. The summed E-state index contributed by atoms with van der Waals surface area (Å²) < 4.78 is 12.1. The van der Waals surface area contributed by atoms with Crippen LogP contribution in [0.25, 0.3) is 0 Å². The molecule has 0 fully saturated rings. The van der Waals surface area contributed by atoms with Crippen LogP contribution in [-0.4, -0.2) is 32.9 Å². The van der Waals surface area contributed by atoms with Crippen molar-refractivity contribution >= 4 is 15.9 Å². The van der Waals surface area contributed by atoms with Crippen LogP contribution in [-0.2, 0) is 11.2 Å². The Kier molecular flexibility index (Phi) is 5.03. The van der Waals surface area contributed by atoms with Gasteiger partial charge in [-0.15, -0.1) is 0 Å². The monoisotopic (exact) mass is 313 g/mol. The number of hydrogen-bond donors (Lipinski definition) is 1. The van der Waals surface area contributed by atoms with E-state index in [9.17, 15) is 0 Å². The van der Waals surface area contributed by atoms with E-state index in [1.54, 1.807) is 7.11 Å². The highest BCUT2D eigenvalue weighted by Gasteiger charge is 2.22. The minimum absolute atomic E-state index is 0.254. The van der Waals surface area contributed by atoms with Crippen molar-refractivity contribution in [2.24, 2.45) is 5.92 Å². The summed E-state index contributed by atoms with van der Waals surface area (Å²) in [5.41, 5.74) is 1.29. The minimum Gasteiger partial charge on any atom is -0.488 e. The van der Waals surface area contributed by atoms with Crippen molar-refractivity contribution in [3.8, 4) is 5.75 Å². The van der Waals surface area contributed by atoms with Crippen molar-refractivity contribution in [3.05, 3.63) is 28.2 Å². The average molecular weight is 314 g/mol. The van der Waals surface area contributed by atoms with E-state index in [1.165, 1.54) is 5.56 Å². The lowest BCUT2D eigenvalue weighted by atomic mass is 10.1. The molecule has 0 aromatic heterocycles. The molecule has 0 spiro atoms. The van der Waals surface area contributed by atoms with Gasteiger partial charge < -0.3 is 14.8 Å². The average Bonchev–Trinajstić information content (AvgIpc) is 2.71. The molecule has 100 valence electrons. The third-order valence-electron chi connectivity index (χ3n) is 3.08. The molecule has 1 aromatic carbocycles. The molecule has 0 aliphatic carbocycles. The van der Waals surface area contributed by atoms with Crippen LogP contribution in [0.4, 0.5) is 0 Å². The predicted octanol–water partition coefficient (Wildman–Crippen LogP) is 2.62. The summed E-state index contributed by atoms with van der Waals surface area (Å²) in [7, 11) is 1.74. The van der Waals surface area contributed by atoms with Crippen molar-refractivity contribution in [2.75, 3.05) is 26.8 Å². The van der Waals surface area contributed by atoms with E-state index in [-0.39, 0.29) is 6.10 Å². The van der Waals surface area contributed by atoms with E-state index in [4.69, 9.17) is 9.47 Å². The van der Waals surface area contributed by atoms with E-state index in [0.717, 1.165) is 36.3 Å². The molecule has 2 unspecified atom stereocenters. The van der Waals surface area contributed by atoms with Crippen molar-refractivity contribution in [3.63, 3.8) is 0 Å². The number of methoxy groups -OCH3 is 1. The van der Waals surface area contributed by atoms with Crippen molar-refractivity contribution in [1.29, 1.82) is 0 Å². The zero-order valence-electron chi connectivity index (χ0n) is 10.9. The summed E-state index contributed by atoms with van der Waals surface area (Å²) in [6.45, 7) is 4.83. The number of benzene rings is 1. The first-order chi connectivity index (χ1) is 8.69. The van der Waals surface area contributed by atoms with Gasteiger partial charge in [0.15, 0.2) is 0 Å². The number of fused-ring (bicyclic) bond motifs is 1. The highest BCUT2D eigenvalue weighted by atomic mass is 79.9. The number of halogens is 1. The third-order valence-corrected chi connectivity index (χ3v) is 3.57. The molecule has 0 saturated heterocycles. The Morgan fingerprint density at radius 2 is 2.39 bits per heavy atom. The van der Waals surface area contributed by atoms with E-state index in [1.807, 2.05) is 12.1 Å². The van der Waals surface area contributed by atoms with Gasteiger partial charge in [0.25, 0.3) is 0 Å². The van der Waals surface area contributed by atoms with E-state index in [2.05, 4.69) is 34.2 Å². The largest absolute Gasteiger partial charge is 0.488 e. The van der Waals surface area contributed by atoms with Crippen LogP contribution < -0.4 is 10.1 Å². The molecule has 0 saturated carbocycles. The highest BCUT2D eigenvalue weighted by Crippen LogP contribution is 2.30. The summed E-state index contributed by atoms with van der Waals surface area (Å²) in [4.78, 5) is 0. The lowest BCUT2D eigenvalue weighted by Crippen LogP contribution is -2.33. The van der Waals surface area contributed by atoms with Gasteiger partial charge in [0.05, 0.1) is 0 Å². The summed E-state index contributed by atoms with van der Waals surface area (Å²) in [5.74, 6) is 1.56. The Morgan fingerprint density at radius 3 is 3.17 bits per heavy atom. The molecule has 0 radical (unpaired) electrons. The fraction of sp³-hybridized carbons (Fsp3) is 0.571. The highest BCUT2D eigenvalue weighted by molar-refractivity contribution is 9.10. The first-order valence-electron chi connectivity index (χ1n) is 6.33. The summed E-state index contributed by atoms with van der Waals surface area (Å²) in [6, 6.07) is 6.20. The van der Waals surface area contributed by atoms with Gasteiger partial charge in [0.2, 0.25) is 0 Å².